The Kier molecular flexibility index (Phi) is 6.46. The molecule has 0 aromatic carbocycles. The number of nitrogens with one attached hydrogen (secondary N) is 2. The SMILES string of the molecule is CCNc1nc(NCCC2CCCCO2)nc(OCC)n1. The summed E-state index contributed by atoms with van der Waals surface area (Å²) in [6, 6.07) is 0.347. The van der Waals surface area contributed by atoms with Crippen molar-refractivity contribution in [3.05, 3.63) is 0 Å². The first-order valence-corrected chi connectivity index (χ1v) is 7.80. The van der Waals surface area contributed by atoms with Gasteiger partial charge in [0.1, 0.15) is 0 Å². The van der Waals surface area contributed by atoms with Gasteiger partial charge in [0.15, 0.2) is 0 Å². The Labute approximate surface area is 125 Å². The van der Waals surface area contributed by atoms with Crippen molar-refractivity contribution in [2.75, 3.05) is 36.9 Å². The normalized spacial score (nSPS) is 18.3. The third kappa shape index (κ3) is 5.34. The van der Waals surface area contributed by atoms with Crippen molar-refractivity contribution in [2.24, 2.45) is 0 Å². The smallest absolute Gasteiger partial charge is 0.323 e. The Morgan fingerprint density at radius 1 is 1.14 bits per heavy atom. The molecule has 7 nitrogen and oxygen atoms in total. The molecule has 1 aliphatic rings. The Bertz CT molecular complexity index is 400. The zero-order chi connectivity index (χ0) is 14.9. The number of aromatic nitrogens is 3. The molecule has 1 unspecified atom stereocenters. The van der Waals surface area contributed by atoms with Gasteiger partial charge in [0.05, 0.1) is 12.7 Å². The van der Waals surface area contributed by atoms with Crippen molar-refractivity contribution in [1.82, 2.24) is 15.0 Å². The molecule has 1 atom stereocenters. The number of anilines is 2. The maximum Gasteiger partial charge on any atom is 0.323 e. The Morgan fingerprint density at radius 2 is 1.95 bits per heavy atom. The van der Waals surface area contributed by atoms with E-state index in [4.69, 9.17) is 9.47 Å². The minimum atomic E-state index is 0.347. The summed E-state index contributed by atoms with van der Waals surface area (Å²) in [5.74, 6) is 1.08. The first-order chi connectivity index (χ1) is 10.3. The highest BCUT2D eigenvalue weighted by Crippen LogP contribution is 2.16. The third-order valence-corrected chi connectivity index (χ3v) is 3.25. The van der Waals surface area contributed by atoms with Crippen molar-refractivity contribution in [3.63, 3.8) is 0 Å². The molecule has 1 aliphatic heterocycles. The second-order valence-electron chi connectivity index (χ2n) is 4.93. The summed E-state index contributed by atoms with van der Waals surface area (Å²) < 4.78 is 11.1. The molecule has 0 radical (unpaired) electrons. The predicted molar refractivity (Wildman–Crippen MR) is 81.9 cm³/mol. The van der Waals surface area contributed by atoms with Crippen LogP contribution in [0.5, 0.6) is 6.01 Å². The number of ether oxygens (including phenoxy) is 2. The Balaban J connectivity index is 1.87. The summed E-state index contributed by atoms with van der Waals surface area (Å²) in [6.07, 6.45) is 4.90. The lowest BCUT2D eigenvalue weighted by atomic mass is 10.1. The van der Waals surface area contributed by atoms with Crippen LogP contribution in [0.4, 0.5) is 11.9 Å². The second-order valence-corrected chi connectivity index (χ2v) is 4.93. The number of hydrogen-bond acceptors (Lipinski definition) is 7. The molecule has 0 bridgehead atoms. The summed E-state index contributed by atoms with van der Waals surface area (Å²) in [4.78, 5) is 12.8. The summed E-state index contributed by atoms with van der Waals surface area (Å²) in [7, 11) is 0. The first-order valence-electron chi connectivity index (χ1n) is 7.80. The minimum Gasteiger partial charge on any atom is -0.464 e. The fourth-order valence-electron chi connectivity index (χ4n) is 2.25. The van der Waals surface area contributed by atoms with Crippen LogP contribution in [-0.4, -0.2) is 47.4 Å². The van der Waals surface area contributed by atoms with E-state index in [9.17, 15) is 0 Å². The summed E-state index contributed by atoms with van der Waals surface area (Å²) in [6.45, 7) is 6.86. The molecular formula is C14H25N5O2. The lowest BCUT2D eigenvalue weighted by Crippen LogP contribution is -2.22. The molecule has 1 aromatic heterocycles. The molecule has 118 valence electrons. The summed E-state index contributed by atoms with van der Waals surface area (Å²) in [5.41, 5.74) is 0. The summed E-state index contributed by atoms with van der Waals surface area (Å²) in [5, 5.41) is 6.31. The van der Waals surface area contributed by atoms with E-state index in [1.165, 1.54) is 12.8 Å². The highest BCUT2D eigenvalue weighted by Gasteiger charge is 2.13. The molecule has 0 amide bonds. The molecule has 7 heteroatoms. The number of rotatable bonds is 8. The van der Waals surface area contributed by atoms with Crippen molar-refractivity contribution in [3.8, 4) is 6.01 Å². The van der Waals surface area contributed by atoms with Gasteiger partial charge in [-0.05, 0) is 39.5 Å². The molecule has 0 saturated carbocycles. The van der Waals surface area contributed by atoms with Gasteiger partial charge < -0.3 is 20.1 Å². The van der Waals surface area contributed by atoms with Gasteiger partial charge in [-0.2, -0.15) is 15.0 Å². The lowest BCUT2D eigenvalue weighted by Gasteiger charge is -2.22. The molecule has 2 heterocycles. The van der Waals surface area contributed by atoms with Crippen LogP contribution < -0.4 is 15.4 Å². The van der Waals surface area contributed by atoms with Crippen LogP contribution in [-0.2, 0) is 4.74 Å². The Hall–Kier alpha value is -1.63. The fourth-order valence-corrected chi connectivity index (χ4v) is 2.25. The predicted octanol–water partition coefficient (Wildman–Crippen LogP) is 2.07. The topological polar surface area (TPSA) is 81.2 Å². The highest BCUT2D eigenvalue weighted by atomic mass is 16.5. The van der Waals surface area contributed by atoms with Crippen molar-refractivity contribution in [1.29, 1.82) is 0 Å². The molecule has 0 aliphatic carbocycles. The van der Waals surface area contributed by atoms with Crippen LogP contribution in [0.15, 0.2) is 0 Å². The van der Waals surface area contributed by atoms with Gasteiger partial charge in [-0.3, -0.25) is 0 Å². The van der Waals surface area contributed by atoms with Crippen LogP contribution in [0.25, 0.3) is 0 Å². The molecule has 1 saturated heterocycles. The van der Waals surface area contributed by atoms with Crippen LogP contribution in [0.2, 0.25) is 0 Å². The maximum absolute atomic E-state index is 5.71. The Morgan fingerprint density at radius 3 is 2.62 bits per heavy atom. The van der Waals surface area contributed by atoms with Crippen molar-refractivity contribution < 1.29 is 9.47 Å². The van der Waals surface area contributed by atoms with Gasteiger partial charge in [-0.1, -0.05) is 0 Å². The molecule has 0 spiro atoms. The van der Waals surface area contributed by atoms with Crippen LogP contribution in [0.1, 0.15) is 39.5 Å². The fraction of sp³-hybridized carbons (Fsp3) is 0.786. The quantitative estimate of drug-likeness (QED) is 0.759. The van der Waals surface area contributed by atoms with E-state index in [2.05, 4.69) is 25.6 Å². The van der Waals surface area contributed by atoms with Crippen LogP contribution in [0.3, 0.4) is 0 Å². The number of nitrogens with zero attached hydrogens (tertiary/aromatic N) is 3. The van der Waals surface area contributed by atoms with E-state index in [0.29, 0.717) is 30.6 Å². The molecule has 1 aromatic rings. The van der Waals surface area contributed by atoms with Crippen molar-refractivity contribution >= 4 is 11.9 Å². The molecule has 2 rings (SSSR count). The van der Waals surface area contributed by atoms with Gasteiger partial charge in [-0.25, -0.2) is 0 Å². The third-order valence-electron chi connectivity index (χ3n) is 3.25. The van der Waals surface area contributed by atoms with E-state index < -0.39 is 0 Å². The summed E-state index contributed by atoms with van der Waals surface area (Å²) >= 11 is 0. The zero-order valence-corrected chi connectivity index (χ0v) is 12.9. The second kappa shape index (κ2) is 8.61. The van der Waals surface area contributed by atoms with Gasteiger partial charge in [0.25, 0.3) is 0 Å². The maximum atomic E-state index is 5.71. The van der Waals surface area contributed by atoms with E-state index in [0.717, 1.165) is 32.5 Å². The van der Waals surface area contributed by atoms with E-state index in [1.54, 1.807) is 0 Å². The van der Waals surface area contributed by atoms with Crippen LogP contribution >= 0.6 is 0 Å². The van der Waals surface area contributed by atoms with Gasteiger partial charge >= 0.3 is 6.01 Å². The van der Waals surface area contributed by atoms with Gasteiger partial charge in [0, 0.05) is 19.7 Å². The molecule has 21 heavy (non-hydrogen) atoms. The van der Waals surface area contributed by atoms with E-state index in [-0.39, 0.29) is 0 Å². The first kappa shape index (κ1) is 15.8. The number of hydrogen-bond donors (Lipinski definition) is 2. The molecular weight excluding hydrogens is 270 g/mol. The van der Waals surface area contributed by atoms with Crippen molar-refractivity contribution in [2.45, 2.75) is 45.6 Å². The monoisotopic (exact) mass is 295 g/mol. The average Bonchev–Trinajstić information content (AvgIpc) is 2.49. The molecule has 1 fully saturated rings. The minimum absolute atomic E-state index is 0.347. The zero-order valence-electron chi connectivity index (χ0n) is 12.9. The van der Waals surface area contributed by atoms with Crippen LogP contribution in [0, 0.1) is 0 Å². The van der Waals surface area contributed by atoms with E-state index >= 15 is 0 Å². The van der Waals surface area contributed by atoms with E-state index in [1.807, 2.05) is 13.8 Å². The van der Waals surface area contributed by atoms with Gasteiger partial charge in [-0.15, -0.1) is 0 Å². The molecule has 2 N–H and O–H groups in total. The largest absolute Gasteiger partial charge is 0.464 e. The standard InChI is InChI=1S/C14H25N5O2/c1-3-15-12-17-13(19-14(18-12)20-4-2)16-9-8-11-7-5-6-10-21-11/h11H,3-10H2,1-2H3,(H2,15,16,17,18,19). The highest BCUT2D eigenvalue weighted by molar-refractivity contribution is 5.35. The average molecular weight is 295 g/mol. The lowest BCUT2D eigenvalue weighted by molar-refractivity contribution is 0.0134. The van der Waals surface area contributed by atoms with Gasteiger partial charge in [0.2, 0.25) is 11.9 Å².